The molecule has 176 valence electrons. The van der Waals surface area contributed by atoms with Crippen LogP contribution in [0.15, 0.2) is 78.9 Å². The van der Waals surface area contributed by atoms with Crippen LogP contribution in [-0.4, -0.2) is 47.1 Å². The Hall–Kier alpha value is -4.06. The topological polar surface area (TPSA) is 53.1 Å². The number of hydrogen-bond acceptors (Lipinski definition) is 3. The van der Waals surface area contributed by atoms with Crippen molar-refractivity contribution >= 4 is 35.7 Å². The average Bonchev–Trinajstić information content (AvgIpc) is 3.07. The third kappa shape index (κ3) is 3.95. The van der Waals surface area contributed by atoms with Gasteiger partial charge in [-0.15, -0.1) is 0 Å². The Kier molecular flexibility index (Phi) is 5.49. The van der Waals surface area contributed by atoms with Gasteiger partial charge >= 0.3 is 12.1 Å². The van der Waals surface area contributed by atoms with E-state index in [2.05, 4.69) is 12.2 Å². The number of benzene rings is 3. The van der Waals surface area contributed by atoms with Crippen LogP contribution in [0.5, 0.6) is 0 Å². The van der Waals surface area contributed by atoms with Crippen molar-refractivity contribution in [3.63, 3.8) is 0 Å². The van der Waals surface area contributed by atoms with Gasteiger partial charge in [0.25, 0.3) is 0 Å². The molecule has 2 saturated heterocycles. The number of piperazine rings is 1. The van der Waals surface area contributed by atoms with Crippen LogP contribution < -0.4 is 4.90 Å². The van der Waals surface area contributed by atoms with Crippen molar-refractivity contribution in [2.45, 2.75) is 31.5 Å². The molecular weight excluding hydrogens is 438 g/mol. The van der Waals surface area contributed by atoms with Gasteiger partial charge in [0.05, 0.1) is 23.5 Å². The van der Waals surface area contributed by atoms with Crippen molar-refractivity contribution in [2.75, 3.05) is 18.0 Å². The molecule has 2 bridgehead atoms. The lowest BCUT2D eigenvalue weighted by Gasteiger charge is -2.42. The number of hydrogen-bond donors (Lipinski definition) is 0. The summed E-state index contributed by atoms with van der Waals surface area (Å²) in [5.74, 6) is 0. The van der Waals surface area contributed by atoms with E-state index in [4.69, 9.17) is 4.74 Å². The zero-order chi connectivity index (χ0) is 23.8. The highest BCUT2D eigenvalue weighted by Gasteiger charge is 2.46. The first kappa shape index (κ1) is 21.5. The maximum atomic E-state index is 14.2. The van der Waals surface area contributed by atoms with E-state index in [0.717, 1.165) is 40.9 Å². The van der Waals surface area contributed by atoms with Gasteiger partial charge in [0.1, 0.15) is 6.61 Å². The number of likely N-dealkylation sites (tertiary alicyclic amines) is 1. The molecule has 0 aliphatic carbocycles. The molecule has 3 amide bonds. The van der Waals surface area contributed by atoms with Gasteiger partial charge in [-0.1, -0.05) is 78.9 Å². The van der Waals surface area contributed by atoms with Crippen LogP contribution in [0.25, 0.3) is 12.2 Å². The molecule has 2 atom stereocenters. The van der Waals surface area contributed by atoms with Crippen molar-refractivity contribution in [3.05, 3.63) is 95.6 Å². The van der Waals surface area contributed by atoms with Crippen LogP contribution in [0.2, 0.25) is 0 Å². The van der Waals surface area contributed by atoms with Crippen molar-refractivity contribution in [1.29, 1.82) is 0 Å². The van der Waals surface area contributed by atoms with E-state index in [1.54, 1.807) is 4.90 Å². The number of rotatable bonds is 2. The number of carbonyl (C=O) groups excluding carboxylic acids is 2. The van der Waals surface area contributed by atoms with E-state index in [1.807, 2.05) is 88.7 Å². The summed E-state index contributed by atoms with van der Waals surface area (Å²) in [6, 6.07) is 25.6. The molecular formula is C29H27N3O3. The Labute approximate surface area is 205 Å². The molecule has 3 heterocycles. The fourth-order valence-corrected chi connectivity index (χ4v) is 5.47. The molecule has 3 aromatic carbocycles. The first-order valence-electron chi connectivity index (χ1n) is 12.1. The smallest absolute Gasteiger partial charge is 0.410 e. The first-order chi connectivity index (χ1) is 17.2. The minimum Gasteiger partial charge on any atom is -0.445 e. The molecule has 6 rings (SSSR count). The molecule has 6 heteroatoms. The standard InChI is InChI=1S/C29H27N3O3/c33-28(32-26-12-6-4-10-22(26)14-15-23-11-5-7-13-27(23)32)31-24-16-17-25(31)19-30(18-24)29(34)35-20-21-8-2-1-3-9-21/h1-15,24-25H,16-20H2/t24-,25+. The third-order valence-electron chi connectivity index (χ3n) is 7.16. The van der Waals surface area contributed by atoms with Crippen molar-refractivity contribution in [1.82, 2.24) is 9.80 Å². The lowest BCUT2D eigenvalue weighted by molar-refractivity contribution is 0.0566. The summed E-state index contributed by atoms with van der Waals surface area (Å²) in [6.45, 7) is 1.24. The molecule has 35 heavy (non-hydrogen) atoms. The number of ether oxygens (including phenoxy) is 1. The molecule has 0 N–H and O–H groups in total. The zero-order valence-electron chi connectivity index (χ0n) is 19.4. The Morgan fingerprint density at radius 3 is 1.89 bits per heavy atom. The second-order valence-corrected chi connectivity index (χ2v) is 9.31. The van der Waals surface area contributed by atoms with E-state index < -0.39 is 0 Å². The summed E-state index contributed by atoms with van der Waals surface area (Å²) in [6.07, 6.45) is 5.59. The second-order valence-electron chi connectivity index (χ2n) is 9.31. The van der Waals surface area contributed by atoms with Gasteiger partial charge < -0.3 is 14.5 Å². The van der Waals surface area contributed by atoms with E-state index in [1.165, 1.54) is 0 Å². The average molecular weight is 466 g/mol. The van der Waals surface area contributed by atoms with Gasteiger partial charge in [-0.2, -0.15) is 0 Å². The Balaban J connectivity index is 1.23. The minimum absolute atomic E-state index is 0.0268. The second kappa shape index (κ2) is 8.95. The molecule has 0 saturated carbocycles. The van der Waals surface area contributed by atoms with Crippen LogP contribution in [0, 0.1) is 0 Å². The highest BCUT2D eigenvalue weighted by Crippen LogP contribution is 2.40. The predicted molar refractivity (Wildman–Crippen MR) is 136 cm³/mol. The van der Waals surface area contributed by atoms with E-state index >= 15 is 0 Å². The molecule has 3 aromatic rings. The van der Waals surface area contributed by atoms with Crippen LogP contribution in [0.4, 0.5) is 21.0 Å². The fraction of sp³-hybridized carbons (Fsp3) is 0.241. The Morgan fingerprint density at radius 2 is 1.29 bits per heavy atom. The molecule has 0 spiro atoms. The summed E-state index contributed by atoms with van der Waals surface area (Å²) < 4.78 is 5.58. The van der Waals surface area contributed by atoms with E-state index in [-0.39, 0.29) is 30.8 Å². The maximum absolute atomic E-state index is 14.2. The molecule has 6 nitrogen and oxygen atoms in total. The van der Waals surface area contributed by atoms with Gasteiger partial charge in [0, 0.05) is 13.1 Å². The van der Waals surface area contributed by atoms with Crippen LogP contribution in [0.3, 0.4) is 0 Å². The number of carbonyl (C=O) groups is 2. The van der Waals surface area contributed by atoms with E-state index in [9.17, 15) is 9.59 Å². The Morgan fingerprint density at radius 1 is 0.743 bits per heavy atom. The van der Waals surface area contributed by atoms with Crippen LogP contribution >= 0.6 is 0 Å². The number of nitrogens with zero attached hydrogens (tertiary/aromatic N) is 3. The van der Waals surface area contributed by atoms with Crippen molar-refractivity contribution < 1.29 is 14.3 Å². The maximum Gasteiger partial charge on any atom is 0.410 e. The van der Waals surface area contributed by atoms with Gasteiger partial charge in [0.2, 0.25) is 0 Å². The predicted octanol–water partition coefficient (Wildman–Crippen LogP) is 5.91. The normalized spacial score (nSPS) is 20.2. The largest absolute Gasteiger partial charge is 0.445 e. The monoisotopic (exact) mass is 465 g/mol. The van der Waals surface area contributed by atoms with Crippen LogP contribution in [0.1, 0.15) is 29.5 Å². The quantitative estimate of drug-likeness (QED) is 0.473. The van der Waals surface area contributed by atoms with Gasteiger partial charge in [-0.3, -0.25) is 4.90 Å². The van der Waals surface area contributed by atoms with Gasteiger partial charge in [0.15, 0.2) is 0 Å². The number of fused-ring (bicyclic) bond motifs is 4. The molecule has 3 aliphatic rings. The van der Waals surface area contributed by atoms with Crippen molar-refractivity contribution in [3.8, 4) is 0 Å². The number of urea groups is 1. The summed E-state index contributed by atoms with van der Waals surface area (Å²) >= 11 is 0. The van der Waals surface area contributed by atoms with Crippen molar-refractivity contribution in [2.24, 2.45) is 0 Å². The molecule has 0 aromatic heterocycles. The summed E-state index contributed by atoms with van der Waals surface area (Å²) in [4.78, 5) is 32.6. The van der Waals surface area contributed by atoms with Gasteiger partial charge in [-0.05, 0) is 41.7 Å². The molecule has 3 aliphatic heterocycles. The lowest BCUT2D eigenvalue weighted by Crippen LogP contribution is -2.59. The summed E-state index contributed by atoms with van der Waals surface area (Å²) in [5, 5.41) is 0. The zero-order valence-corrected chi connectivity index (χ0v) is 19.4. The molecule has 0 radical (unpaired) electrons. The number of amides is 3. The SMILES string of the molecule is O=C(OCc1ccccc1)N1C[C@H]2CC[C@@H](C1)N2C(=O)N1c2ccccc2C=Cc2ccccc21. The number of para-hydroxylation sites is 2. The first-order valence-corrected chi connectivity index (χ1v) is 12.1. The third-order valence-corrected chi connectivity index (χ3v) is 7.16. The highest BCUT2D eigenvalue weighted by atomic mass is 16.6. The lowest BCUT2D eigenvalue weighted by atomic mass is 10.1. The van der Waals surface area contributed by atoms with Crippen LogP contribution in [-0.2, 0) is 11.3 Å². The summed E-state index contributed by atoms with van der Waals surface area (Å²) in [7, 11) is 0. The highest BCUT2D eigenvalue weighted by molar-refractivity contribution is 6.05. The van der Waals surface area contributed by atoms with Gasteiger partial charge in [-0.25, -0.2) is 9.59 Å². The minimum atomic E-state index is -0.312. The summed E-state index contributed by atoms with van der Waals surface area (Å²) in [5.41, 5.74) is 4.73. The fourth-order valence-electron chi connectivity index (χ4n) is 5.47. The Bertz CT molecular complexity index is 1230. The molecule has 0 unspecified atom stereocenters. The number of anilines is 2. The van der Waals surface area contributed by atoms with E-state index in [0.29, 0.717) is 13.1 Å². The molecule has 2 fully saturated rings.